The summed E-state index contributed by atoms with van der Waals surface area (Å²) >= 11 is 9.35. The molecule has 7 nitrogen and oxygen atoms in total. The first-order chi connectivity index (χ1) is 15.4. The van der Waals surface area contributed by atoms with Crippen molar-refractivity contribution < 1.29 is 18.0 Å². The van der Waals surface area contributed by atoms with Crippen LogP contribution in [0.1, 0.15) is 32.8 Å². The van der Waals surface area contributed by atoms with Gasteiger partial charge < -0.3 is 10.2 Å². The summed E-state index contributed by atoms with van der Waals surface area (Å²) in [5, 5.41) is 3.41. The molecular formula is C23H29BrClN3O4S. The topological polar surface area (TPSA) is 86.8 Å². The number of amides is 2. The average Bonchev–Trinajstić information content (AvgIpc) is 2.72. The van der Waals surface area contributed by atoms with E-state index in [1.54, 1.807) is 48.5 Å². The van der Waals surface area contributed by atoms with Gasteiger partial charge in [-0.05, 0) is 66.0 Å². The van der Waals surface area contributed by atoms with Crippen LogP contribution in [-0.4, -0.2) is 50.0 Å². The maximum atomic E-state index is 13.5. The molecule has 0 bridgehead atoms. The van der Waals surface area contributed by atoms with E-state index in [-0.39, 0.29) is 18.5 Å². The monoisotopic (exact) mass is 557 g/mol. The first kappa shape index (κ1) is 27.1. The smallest absolute Gasteiger partial charge is 0.244 e. The van der Waals surface area contributed by atoms with Gasteiger partial charge in [0.05, 0.1) is 11.9 Å². The molecule has 0 radical (unpaired) electrons. The number of nitrogens with one attached hydrogen (secondary N) is 1. The molecular weight excluding hydrogens is 530 g/mol. The van der Waals surface area contributed by atoms with Gasteiger partial charge in [0.25, 0.3) is 0 Å². The highest BCUT2D eigenvalue weighted by molar-refractivity contribution is 9.10. The summed E-state index contributed by atoms with van der Waals surface area (Å²) in [6, 6.07) is 12.9. The Labute approximate surface area is 209 Å². The highest BCUT2D eigenvalue weighted by atomic mass is 79.9. The quantitative estimate of drug-likeness (QED) is 0.474. The van der Waals surface area contributed by atoms with Crippen molar-refractivity contribution in [1.29, 1.82) is 0 Å². The molecule has 0 aliphatic heterocycles. The number of hydrogen-bond donors (Lipinski definition) is 1. The second-order valence-electron chi connectivity index (χ2n) is 7.96. The summed E-state index contributed by atoms with van der Waals surface area (Å²) in [6.45, 7) is 5.19. The van der Waals surface area contributed by atoms with E-state index in [1.807, 2.05) is 20.8 Å². The minimum absolute atomic E-state index is 0.105. The lowest BCUT2D eigenvalue weighted by Gasteiger charge is -2.33. The van der Waals surface area contributed by atoms with Crippen LogP contribution in [0.5, 0.6) is 0 Å². The number of rotatable bonds is 10. The first-order valence-electron chi connectivity index (χ1n) is 10.5. The fraction of sp³-hybridized carbons (Fsp3) is 0.391. The van der Waals surface area contributed by atoms with Gasteiger partial charge in [-0.1, -0.05) is 42.8 Å². The molecule has 0 saturated heterocycles. The van der Waals surface area contributed by atoms with E-state index < -0.39 is 28.5 Å². The van der Waals surface area contributed by atoms with Gasteiger partial charge >= 0.3 is 0 Å². The zero-order valence-corrected chi connectivity index (χ0v) is 22.2. The summed E-state index contributed by atoms with van der Waals surface area (Å²) in [4.78, 5) is 27.9. The second-order valence-corrected chi connectivity index (χ2v) is 11.2. The van der Waals surface area contributed by atoms with Crippen LogP contribution in [-0.2, 0) is 26.2 Å². The Morgan fingerprint density at radius 3 is 2.21 bits per heavy atom. The van der Waals surface area contributed by atoms with Crippen LogP contribution in [0, 0.1) is 0 Å². The molecule has 0 aliphatic carbocycles. The van der Waals surface area contributed by atoms with Gasteiger partial charge in [0, 0.05) is 22.1 Å². The fourth-order valence-corrected chi connectivity index (χ4v) is 4.94. The van der Waals surface area contributed by atoms with Crippen molar-refractivity contribution in [3.8, 4) is 0 Å². The van der Waals surface area contributed by atoms with Gasteiger partial charge in [-0.15, -0.1) is 0 Å². The van der Waals surface area contributed by atoms with Crippen molar-refractivity contribution in [3.63, 3.8) is 0 Å². The van der Waals surface area contributed by atoms with Gasteiger partial charge in [-0.25, -0.2) is 8.42 Å². The maximum Gasteiger partial charge on any atom is 0.244 e. The van der Waals surface area contributed by atoms with Crippen LogP contribution in [0.2, 0.25) is 5.02 Å². The number of nitrogens with zero attached hydrogens (tertiary/aromatic N) is 2. The molecule has 2 aromatic rings. The zero-order valence-electron chi connectivity index (χ0n) is 19.1. The summed E-state index contributed by atoms with van der Waals surface area (Å²) in [6.07, 6.45) is 1.41. The molecule has 2 amide bonds. The Bertz CT molecular complexity index is 1080. The summed E-state index contributed by atoms with van der Waals surface area (Å²) in [5.41, 5.74) is 1.12. The number of carbonyl (C=O) groups is 2. The Hall–Kier alpha value is -2.10. The van der Waals surface area contributed by atoms with Crippen molar-refractivity contribution >= 4 is 55.1 Å². The predicted molar refractivity (Wildman–Crippen MR) is 136 cm³/mol. The fourth-order valence-electron chi connectivity index (χ4n) is 3.34. The van der Waals surface area contributed by atoms with Crippen LogP contribution in [0.15, 0.2) is 53.0 Å². The standard InChI is InChI=1S/C23H29BrClN3O4S/c1-5-20(23(30)26-16(2)3)27(14-17-10-12-18(25)13-11-17)22(29)15-28(33(4,31)32)21-9-7-6-8-19(21)24/h6-13,16,20H,5,14-15H2,1-4H3,(H,26,30)/t20-/m1/s1. The van der Waals surface area contributed by atoms with Crippen LogP contribution in [0.4, 0.5) is 5.69 Å². The molecule has 180 valence electrons. The lowest BCUT2D eigenvalue weighted by Crippen LogP contribution is -2.53. The lowest BCUT2D eigenvalue weighted by molar-refractivity contribution is -0.140. The highest BCUT2D eigenvalue weighted by Crippen LogP contribution is 2.28. The van der Waals surface area contributed by atoms with Crippen molar-refractivity contribution in [1.82, 2.24) is 10.2 Å². The molecule has 10 heteroatoms. The normalized spacial score (nSPS) is 12.3. The SMILES string of the molecule is CC[C@H](C(=O)NC(C)C)N(Cc1ccc(Cl)cc1)C(=O)CN(c1ccccc1Br)S(C)(=O)=O. The molecule has 2 rings (SSSR count). The third-order valence-corrected chi connectivity index (χ3v) is 6.93. The summed E-state index contributed by atoms with van der Waals surface area (Å²) in [5.74, 6) is -0.779. The average molecular weight is 559 g/mol. The van der Waals surface area contributed by atoms with E-state index in [0.29, 0.717) is 21.6 Å². The van der Waals surface area contributed by atoms with Gasteiger partial charge in [0.1, 0.15) is 12.6 Å². The third kappa shape index (κ3) is 7.72. The molecule has 0 aromatic heterocycles. The Morgan fingerprint density at radius 1 is 1.09 bits per heavy atom. The molecule has 0 unspecified atom stereocenters. The van der Waals surface area contributed by atoms with Crippen LogP contribution in [0.25, 0.3) is 0 Å². The van der Waals surface area contributed by atoms with E-state index in [2.05, 4.69) is 21.2 Å². The Kier molecular flexibility index (Phi) is 9.75. The largest absolute Gasteiger partial charge is 0.352 e. The van der Waals surface area contributed by atoms with Gasteiger partial charge in [0.2, 0.25) is 21.8 Å². The maximum absolute atomic E-state index is 13.5. The van der Waals surface area contributed by atoms with E-state index in [9.17, 15) is 18.0 Å². The number of para-hydroxylation sites is 1. The number of sulfonamides is 1. The van der Waals surface area contributed by atoms with Crippen molar-refractivity contribution in [2.75, 3.05) is 17.1 Å². The van der Waals surface area contributed by atoms with Crippen molar-refractivity contribution in [3.05, 3.63) is 63.6 Å². The van der Waals surface area contributed by atoms with E-state index >= 15 is 0 Å². The number of benzene rings is 2. The summed E-state index contributed by atoms with van der Waals surface area (Å²) < 4.78 is 26.8. The van der Waals surface area contributed by atoms with Gasteiger partial charge in [-0.2, -0.15) is 0 Å². The molecule has 0 fully saturated rings. The van der Waals surface area contributed by atoms with Crippen molar-refractivity contribution in [2.24, 2.45) is 0 Å². The number of anilines is 1. The van der Waals surface area contributed by atoms with Crippen LogP contribution < -0.4 is 9.62 Å². The molecule has 33 heavy (non-hydrogen) atoms. The minimum Gasteiger partial charge on any atom is -0.352 e. The molecule has 0 saturated carbocycles. The second kappa shape index (κ2) is 11.9. The lowest BCUT2D eigenvalue weighted by atomic mass is 10.1. The highest BCUT2D eigenvalue weighted by Gasteiger charge is 2.32. The molecule has 0 heterocycles. The van der Waals surface area contributed by atoms with E-state index in [1.165, 1.54) is 4.90 Å². The number of halogens is 2. The molecule has 0 spiro atoms. The Morgan fingerprint density at radius 2 is 1.70 bits per heavy atom. The molecule has 1 atom stereocenters. The predicted octanol–water partition coefficient (Wildman–Crippen LogP) is 4.20. The van der Waals surface area contributed by atoms with E-state index in [4.69, 9.17) is 11.6 Å². The minimum atomic E-state index is -3.78. The van der Waals surface area contributed by atoms with Crippen LogP contribution in [0.3, 0.4) is 0 Å². The Balaban J connectivity index is 2.44. The van der Waals surface area contributed by atoms with Crippen LogP contribution >= 0.6 is 27.5 Å². The van der Waals surface area contributed by atoms with Gasteiger partial charge in [0.15, 0.2) is 0 Å². The molecule has 1 N–H and O–H groups in total. The van der Waals surface area contributed by atoms with E-state index in [0.717, 1.165) is 16.1 Å². The number of carbonyl (C=O) groups excluding carboxylic acids is 2. The molecule has 2 aromatic carbocycles. The zero-order chi connectivity index (χ0) is 24.8. The van der Waals surface area contributed by atoms with Gasteiger partial charge in [-0.3, -0.25) is 13.9 Å². The first-order valence-corrected chi connectivity index (χ1v) is 13.5. The summed E-state index contributed by atoms with van der Waals surface area (Å²) in [7, 11) is -3.78. The van der Waals surface area contributed by atoms with Crippen molar-refractivity contribution in [2.45, 2.75) is 45.8 Å². The third-order valence-electron chi connectivity index (χ3n) is 4.88. The number of hydrogen-bond acceptors (Lipinski definition) is 4. The molecule has 0 aliphatic rings.